The Bertz CT molecular complexity index is 913. The van der Waals surface area contributed by atoms with E-state index in [1.165, 1.54) is 0 Å². The summed E-state index contributed by atoms with van der Waals surface area (Å²) in [6, 6.07) is 3.59. The summed E-state index contributed by atoms with van der Waals surface area (Å²) >= 11 is 0. The van der Waals surface area contributed by atoms with Crippen LogP contribution in [-0.2, 0) is 6.54 Å². The number of hydrogen-bond donors (Lipinski definition) is 1. The summed E-state index contributed by atoms with van der Waals surface area (Å²) in [5.41, 5.74) is 1.67. The number of carbonyl (C=O) groups is 2. The first-order valence-electron chi connectivity index (χ1n) is 9.87. The van der Waals surface area contributed by atoms with Gasteiger partial charge in [-0.05, 0) is 32.9 Å². The molecule has 1 spiro atoms. The topological polar surface area (TPSA) is 83.4 Å². The Labute approximate surface area is 164 Å². The van der Waals surface area contributed by atoms with Gasteiger partial charge in [-0.2, -0.15) is 5.10 Å². The number of likely N-dealkylation sites (tertiary alicyclic amines) is 1. The maximum Gasteiger partial charge on any atom is 0.257 e. The number of carbonyl (C=O) groups excluding carboxylic acids is 2. The molecular formula is C20H26N6O2. The van der Waals surface area contributed by atoms with Gasteiger partial charge in [0, 0.05) is 50.9 Å². The summed E-state index contributed by atoms with van der Waals surface area (Å²) in [7, 11) is 0. The molecule has 0 aliphatic carbocycles. The summed E-state index contributed by atoms with van der Waals surface area (Å²) < 4.78 is 1.83. The molecule has 2 aliphatic heterocycles. The Morgan fingerprint density at radius 1 is 1.25 bits per heavy atom. The van der Waals surface area contributed by atoms with Crippen molar-refractivity contribution in [1.29, 1.82) is 0 Å². The molecule has 8 heteroatoms. The number of hydrogen-bond acceptors (Lipinski definition) is 5. The molecule has 2 aliphatic rings. The zero-order valence-electron chi connectivity index (χ0n) is 16.6. The minimum atomic E-state index is -0.493. The Morgan fingerprint density at radius 3 is 2.64 bits per heavy atom. The van der Waals surface area contributed by atoms with E-state index in [0.29, 0.717) is 37.1 Å². The zero-order valence-corrected chi connectivity index (χ0v) is 16.6. The Morgan fingerprint density at radius 2 is 2.00 bits per heavy atom. The van der Waals surface area contributed by atoms with Gasteiger partial charge in [-0.1, -0.05) is 0 Å². The molecule has 0 atom stereocenters. The predicted molar refractivity (Wildman–Crippen MR) is 105 cm³/mol. The van der Waals surface area contributed by atoms with Crippen molar-refractivity contribution in [2.75, 3.05) is 24.5 Å². The lowest BCUT2D eigenvalue weighted by Gasteiger charge is -2.51. The molecule has 2 amide bonds. The average molecular weight is 382 g/mol. The van der Waals surface area contributed by atoms with Gasteiger partial charge >= 0.3 is 0 Å². The molecule has 1 fully saturated rings. The molecule has 148 valence electrons. The number of piperidine rings is 1. The van der Waals surface area contributed by atoms with E-state index in [-0.39, 0.29) is 11.8 Å². The summed E-state index contributed by atoms with van der Waals surface area (Å²) in [5, 5.41) is 7.49. The van der Waals surface area contributed by atoms with Crippen LogP contribution in [0.4, 0.5) is 5.82 Å². The van der Waals surface area contributed by atoms with Crippen molar-refractivity contribution in [3.8, 4) is 0 Å². The van der Waals surface area contributed by atoms with Crippen molar-refractivity contribution in [3.63, 3.8) is 0 Å². The highest BCUT2D eigenvalue weighted by Gasteiger charge is 2.46. The first-order valence-corrected chi connectivity index (χ1v) is 9.87. The second-order valence-corrected chi connectivity index (χ2v) is 7.36. The van der Waals surface area contributed by atoms with E-state index in [1.54, 1.807) is 24.5 Å². The maximum atomic E-state index is 13.0. The van der Waals surface area contributed by atoms with Crippen LogP contribution in [-0.4, -0.2) is 56.8 Å². The van der Waals surface area contributed by atoms with E-state index in [9.17, 15) is 9.59 Å². The monoisotopic (exact) mass is 382 g/mol. The minimum Gasteiger partial charge on any atom is -0.338 e. The number of amides is 2. The fourth-order valence-electron chi connectivity index (χ4n) is 4.41. The highest BCUT2D eigenvalue weighted by Crippen LogP contribution is 2.36. The van der Waals surface area contributed by atoms with Crippen LogP contribution in [0.3, 0.4) is 0 Å². The fraction of sp³-hybridized carbons (Fsp3) is 0.500. The highest BCUT2D eigenvalue weighted by molar-refractivity contribution is 6.01. The van der Waals surface area contributed by atoms with Gasteiger partial charge in [0.25, 0.3) is 11.8 Å². The largest absolute Gasteiger partial charge is 0.338 e. The van der Waals surface area contributed by atoms with E-state index in [0.717, 1.165) is 24.6 Å². The third-order valence-electron chi connectivity index (χ3n) is 5.98. The number of pyridine rings is 1. The van der Waals surface area contributed by atoms with E-state index in [4.69, 9.17) is 0 Å². The Kier molecular flexibility index (Phi) is 4.56. The number of aromatic nitrogens is 3. The minimum absolute atomic E-state index is 0.00996. The molecule has 8 nitrogen and oxygen atoms in total. The second-order valence-electron chi connectivity index (χ2n) is 7.36. The summed E-state index contributed by atoms with van der Waals surface area (Å²) in [4.78, 5) is 34.2. The van der Waals surface area contributed by atoms with Crippen molar-refractivity contribution in [2.24, 2.45) is 0 Å². The number of fused-ring (bicyclic) bond motifs is 1. The van der Waals surface area contributed by atoms with Crippen LogP contribution in [0.2, 0.25) is 0 Å². The Hall–Kier alpha value is -2.90. The molecule has 0 radical (unpaired) electrons. The molecule has 2 aromatic rings. The maximum absolute atomic E-state index is 13.0. The molecule has 28 heavy (non-hydrogen) atoms. The van der Waals surface area contributed by atoms with Crippen LogP contribution in [0.1, 0.15) is 53.1 Å². The van der Waals surface area contributed by atoms with Crippen LogP contribution in [0.5, 0.6) is 0 Å². The third-order valence-corrected chi connectivity index (χ3v) is 5.98. The number of nitrogens with zero attached hydrogens (tertiary/aromatic N) is 5. The summed E-state index contributed by atoms with van der Waals surface area (Å²) in [6.07, 6.45) is 4.71. The third kappa shape index (κ3) is 2.75. The molecule has 4 rings (SSSR count). The van der Waals surface area contributed by atoms with Crippen LogP contribution in [0.15, 0.2) is 24.5 Å². The van der Waals surface area contributed by atoms with Gasteiger partial charge in [0.2, 0.25) is 0 Å². The van der Waals surface area contributed by atoms with Crippen molar-refractivity contribution >= 4 is 17.6 Å². The molecule has 0 unspecified atom stereocenters. The van der Waals surface area contributed by atoms with Gasteiger partial charge in [-0.3, -0.25) is 14.3 Å². The molecule has 0 aromatic carbocycles. The van der Waals surface area contributed by atoms with Crippen molar-refractivity contribution in [2.45, 2.75) is 45.8 Å². The van der Waals surface area contributed by atoms with Gasteiger partial charge in [-0.25, -0.2) is 4.98 Å². The molecule has 4 heterocycles. The molecule has 0 bridgehead atoms. The van der Waals surface area contributed by atoms with E-state index in [2.05, 4.69) is 27.2 Å². The number of rotatable bonds is 3. The van der Waals surface area contributed by atoms with Crippen molar-refractivity contribution < 1.29 is 9.59 Å². The summed E-state index contributed by atoms with van der Waals surface area (Å²) in [6.45, 7) is 8.64. The van der Waals surface area contributed by atoms with E-state index < -0.39 is 5.66 Å². The van der Waals surface area contributed by atoms with Crippen molar-refractivity contribution in [1.82, 2.24) is 25.0 Å². The summed E-state index contributed by atoms with van der Waals surface area (Å²) in [5.74, 6) is 0.650. The number of aryl methyl sites for hydroxylation is 1. The molecule has 0 saturated carbocycles. The first kappa shape index (κ1) is 18.5. The first-order chi connectivity index (χ1) is 13.5. The van der Waals surface area contributed by atoms with Crippen LogP contribution in [0.25, 0.3) is 0 Å². The molecule has 1 saturated heterocycles. The lowest BCUT2D eigenvalue weighted by molar-refractivity contribution is 0.0601. The van der Waals surface area contributed by atoms with Gasteiger partial charge in [0.15, 0.2) is 0 Å². The van der Waals surface area contributed by atoms with Gasteiger partial charge < -0.3 is 15.1 Å². The van der Waals surface area contributed by atoms with Crippen LogP contribution >= 0.6 is 0 Å². The van der Waals surface area contributed by atoms with E-state index in [1.807, 2.05) is 23.4 Å². The smallest absolute Gasteiger partial charge is 0.257 e. The SMILES string of the molecule is CCN1c2ncccc2C(=O)NC12CCN(C(=O)c1cnn(CC)c1C)CC2. The van der Waals surface area contributed by atoms with Crippen molar-refractivity contribution in [3.05, 3.63) is 41.3 Å². The second kappa shape index (κ2) is 6.92. The fourth-order valence-corrected chi connectivity index (χ4v) is 4.41. The quantitative estimate of drug-likeness (QED) is 0.875. The van der Waals surface area contributed by atoms with Gasteiger partial charge in [0.1, 0.15) is 11.5 Å². The Balaban J connectivity index is 1.55. The standard InChI is InChI=1S/C20H26N6O2/c1-4-25-17-15(7-6-10-21-17)18(27)23-20(25)8-11-24(12-9-20)19(28)16-13-22-26(5-2)14(16)3/h6-7,10,13H,4-5,8-9,11-12H2,1-3H3,(H,23,27). The number of anilines is 1. The molecule has 2 aromatic heterocycles. The van der Waals surface area contributed by atoms with Gasteiger partial charge in [0.05, 0.1) is 17.3 Å². The molecular weight excluding hydrogens is 356 g/mol. The average Bonchev–Trinajstić information content (AvgIpc) is 3.09. The number of nitrogens with one attached hydrogen (secondary N) is 1. The normalized spacial score (nSPS) is 18.2. The van der Waals surface area contributed by atoms with Crippen LogP contribution in [0, 0.1) is 6.92 Å². The van der Waals surface area contributed by atoms with E-state index >= 15 is 0 Å². The zero-order chi connectivity index (χ0) is 19.9. The van der Waals surface area contributed by atoms with Crippen LogP contribution < -0.4 is 10.2 Å². The lowest BCUT2D eigenvalue weighted by atomic mass is 9.90. The van der Waals surface area contributed by atoms with Gasteiger partial charge in [-0.15, -0.1) is 0 Å². The predicted octanol–water partition coefficient (Wildman–Crippen LogP) is 1.81. The lowest BCUT2D eigenvalue weighted by Crippen LogP contribution is -2.68. The molecule has 1 N–H and O–H groups in total. The highest BCUT2D eigenvalue weighted by atomic mass is 16.2.